The molecule has 7 nitrogen and oxygen atoms in total. The Hall–Kier alpha value is -2.97. The number of hydrogen-bond acceptors (Lipinski definition) is 6. The third-order valence-electron chi connectivity index (χ3n) is 3.89. The van der Waals surface area contributed by atoms with Gasteiger partial charge in [0.25, 0.3) is 0 Å². The first kappa shape index (κ1) is 18.8. The Labute approximate surface area is 154 Å². The Morgan fingerprint density at radius 2 is 1.93 bits per heavy atom. The van der Waals surface area contributed by atoms with Gasteiger partial charge in [-0.25, -0.2) is 23.5 Å². The molecule has 3 rings (SSSR count). The number of aromatic carboxylic acids is 1. The van der Waals surface area contributed by atoms with Crippen LogP contribution in [0, 0.1) is 5.92 Å². The van der Waals surface area contributed by atoms with E-state index in [1.807, 2.05) is 0 Å². The van der Waals surface area contributed by atoms with Gasteiger partial charge in [0.1, 0.15) is 30.7 Å². The van der Waals surface area contributed by atoms with Crippen LogP contribution in [-0.4, -0.2) is 47.0 Å². The molecule has 0 spiro atoms. The summed E-state index contributed by atoms with van der Waals surface area (Å²) in [5, 5.41) is 12.4. The lowest BCUT2D eigenvalue weighted by molar-refractivity contribution is 0.0695. The van der Waals surface area contributed by atoms with Crippen LogP contribution in [0.5, 0.6) is 17.4 Å². The molecule has 1 aromatic carbocycles. The molecular formula is C18H19F2N3O4. The van der Waals surface area contributed by atoms with E-state index in [1.165, 1.54) is 43.4 Å². The van der Waals surface area contributed by atoms with Gasteiger partial charge >= 0.3 is 5.97 Å². The number of ether oxygens (including phenoxy) is 2. The van der Waals surface area contributed by atoms with Crippen LogP contribution < -0.4 is 14.8 Å². The Morgan fingerprint density at radius 3 is 2.52 bits per heavy atom. The molecule has 1 aliphatic rings. The maximum atomic E-state index is 12.7. The molecule has 0 bridgehead atoms. The lowest BCUT2D eigenvalue weighted by Crippen LogP contribution is -2.21. The number of benzene rings is 1. The number of anilines is 1. The first-order chi connectivity index (χ1) is 13.1. The largest absolute Gasteiger partial charge is 0.485 e. The van der Waals surface area contributed by atoms with Crippen molar-refractivity contribution >= 4 is 11.8 Å². The zero-order valence-corrected chi connectivity index (χ0v) is 14.4. The number of rotatable bonds is 10. The van der Waals surface area contributed by atoms with Crippen LogP contribution in [0.15, 0.2) is 30.6 Å². The third kappa shape index (κ3) is 5.50. The second kappa shape index (κ2) is 8.61. The van der Waals surface area contributed by atoms with E-state index in [4.69, 9.17) is 9.47 Å². The van der Waals surface area contributed by atoms with Gasteiger partial charge in [-0.2, -0.15) is 0 Å². The Kier molecular flexibility index (Phi) is 6.00. The average Bonchev–Trinajstić information content (AvgIpc) is 3.50. The number of halogens is 2. The summed E-state index contributed by atoms with van der Waals surface area (Å²) in [4.78, 5) is 19.6. The number of nitrogens with one attached hydrogen (secondary N) is 1. The summed E-state index contributed by atoms with van der Waals surface area (Å²) < 4.78 is 36.0. The molecule has 9 heteroatoms. The molecule has 1 saturated carbocycles. The van der Waals surface area contributed by atoms with Crippen LogP contribution in [0.25, 0.3) is 0 Å². The normalized spacial score (nSPS) is 13.4. The van der Waals surface area contributed by atoms with Crippen LogP contribution in [0.4, 0.5) is 14.6 Å². The summed E-state index contributed by atoms with van der Waals surface area (Å²) in [5.74, 6) is 0.319. The molecule has 0 unspecified atom stereocenters. The molecule has 27 heavy (non-hydrogen) atoms. The average molecular weight is 379 g/mol. The topological polar surface area (TPSA) is 93.6 Å². The van der Waals surface area contributed by atoms with E-state index in [0.717, 1.165) is 6.54 Å². The van der Waals surface area contributed by atoms with Gasteiger partial charge in [0.15, 0.2) is 6.10 Å². The number of hydrogen-bond donors (Lipinski definition) is 2. The van der Waals surface area contributed by atoms with Gasteiger partial charge in [-0.05, 0) is 30.9 Å². The molecule has 0 saturated heterocycles. The van der Waals surface area contributed by atoms with Gasteiger partial charge in [0, 0.05) is 12.6 Å². The van der Waals surface area contributed by atoms with Gasteiger partial charge in [-0.1, -0.05) is 0 Å². The van der Waals surface area contributed by atoms with E-state index in [0.29, 0.717) is 11.7 Å². The Morgan fingerprint density at radius 1 is 1.19 bits per heavy atom. The summed E-state index contributed by atoms with van der Waals surface area (Å²) in [6.45, 7) is -1.23. The highest BCUT2D eigenvalue weighted by Gasteiger charge is 2.20. The molecule has 144 valence electrons. The summed E-state index contributed by atoms with van der Waals surface area (Å²) >= 11 is 0. The maximum Gasteiger partial charge on any atom is 0.335 e. The third-order valence-corrected chi connectivity index (χ3v) is 3.89. The van der Waals surface area contributed by atoms with Crippen LogP contribution in [-0.2, 0) is 0 Å². The van der Waals surface area contributed by atoms with Crippen molar-refractivity contribution in [3.05, 3.63) is 36.2 Å². The lowest BCUT2D eigenvalue weighted by Gasteiger charge is -2.14. The fourth-order valence-electron chi connectivity index (χ4n) is 2.27. The number of carboxylic acids is 1. The molecule has 0 amide bonds. The van der Waals surface area contributed by atoms with Crippen molar-refractivity contribution < 1.29 is 28.2 Å². The van der Waals surface area contributed by atoms with Crippen LogP contribution in [0.2, 0.25) is 0 Å². The van der Waals surface area contributed by atoms with Crippen LogP contribution >= 0.6 is 0 Å². The molecule has 1 heterocycles. The summed E-state index contributed by atoms with van der Waals surface area (Å²) in [6, 6.07) is 3.77. The molecule has 1 aromatic heterocycles. The fourth-order valence-corrected chi connectivity index (χ4v) is 2.27. The minimum absolute atomic E-state index is 0.0131. The van der Waals surface area contributed by atoms with Crippen molar-refractivity contribution in [1.29, 1.82) is 0 Å². The Bertz CT molecular complexity index is 781. The number of carboxylic acid groups (broad SMARTS) is 1. The molecule has 1 aliphatic carbocycles. The van der Waals surface area contributed by atoms with E-state index in [2.05, 4.69) is 15.3 Å². The molecule has 2 N–H and O–H groups in total. The minimum Gasteiger partial charge on any atom is -0.485 e. The van der Waals surface area contributed by atoms with Crippen LogP contribution in [0.3, 0.4) is 0 Å². The van der Waals surface area contributed by atoms with Crippen molar-refractivity contribution in [2.75, 3.05) is 25.2 Å². The summed E-state index contributed by atoms with van der Waals surface area (Å²) in [5.41, 5.74) is -0.144. The van der Waals surface area contributed by atoms with Gasteiger partial charge in [-0.3, -0.25) is 0 Å². The van der Waals surface area contributed by atoms with Gasteiger partial charge in [0.2, 0.25) is 5.88 Å². The first-order valence-electron chi connectivity index (χ1n) is 8.48. The fraction of sp³-hybridized carbons (Fsp3) is 0.389. The van der Waals surface area contributed by atoms with Crippen molar-refractivity contribution in [3.63, 3.8) is 0 Å². The molecule has 2 aromatic rings. The van der Waals surface area contributed by atoms with Crippen molar-refractivity contribution in [3.8, 4) is 17.4 Å². The monoisotopic (exact) mass is 379 g/mol. The minimum atomic E-state index is -1.31. The number of nitrogens with zero attached hydrogens (tertiary/aromatic N) is 2. The summed E-state index contributed by atoms with van der Waals surface area (Å²) in [7, 11) is 0. The highest BCUT2D eigenvalue weighted by atomic mass is 19.1. The molecule has 0 aliphatic heterocycles. The standard InChI is InChI=1S/C18H19F2N3O4/c19-6-15(7-20)26-13-3-12(18(24)25)4-14(5-13)27-17-10-22-16(9-23-17)21-8-11-1-2-11/h3-5,9-11,15H,1-2,6-8H2,(H,21,22)(H,24,25). The first-order valence-corrected chi connectivity index (χ1v) is 8.48. The zero-order chi connectivity index (χ0) is 19.2. The predicted molar refractivity (Wildman–Crippen MR) is 93.1 cm³/mol. The quantitative estimate of drug-likeness (QED) is 0.653. The maximum absolute atomic E-state index is 12.7. The van der Waals surface area contributed by atoms with E-state index in [9.17, 15) is 18.7 Å². The van der Waals surface area contributed by atoms with E-state index < -0.39 is 25.4 Å². The van der Waals surface area contributed by atoms with Gasteiger partial charge in [0.05, 0.1) is 18.0 Å². The second-order valence-electron chi connectivity index (χ2n) is 6.21. The number of aromatic nitrogens is 2. The molecule has 0 atom stereocenters. The van der Waals surface area contributed by atoms with Gasteiger partial charge < -0.3 is 19.9 Å². The van der Waals surface area contributed by atoms with E-state index >= 15 is 0 Å². The second-order valence-corrected chi connectivity index (χ2v) is 6.21. The molecule has 0 radical (unpaired) electrons. The number of carbonyl (C=O) groups is 1. The highest BCUT2D eigenvalue weighted by Crippen LogP contribution is 2.29. The number of alkyl halides is 2. The Balaban J connectivity index is 1.72. The smallest absolute Gasteiger partial charge is 0.335 e. The van der Waals surface area contributed by atoms with Crippen molar-refractivity contribution in [2.45, 2.75) is 18.9 Å². The zero-order valence-electron chi connectivity index (χ0n) is 14.4. The van der Waals surface area contributed by atoms with E-state index in [-0.39, 0.29) is 22.9 Å². The van der Waals surface area contributed by atoms with Crippen LogP contribution in [0.1, 0.15) is 23.2 Å². The molecule has 1 fully saturated rings. The summed E-state index contributed by atoms with van der Waals surface area (Å²) in [6.07, 6.45) is 4.04. The predicted octanol–water partition coefficient (Wildman–Crippen LogP) is 3.48. The van der Waals surface area contributed by atoms with E-state index in [1.54, 1.807) is 0 Å². The van der Waals surface area contributed by atoms with Crippen molar-refractivity contribution in [2.24, 2.45) is 5.92 Å². The molecular weight excluding hydrogens is 360 g/mol. The van der Waals surface area contributed by atoms with Crippen molar-refractivity contribution in [1.82, 2.24) is 9.97 Å². The SMILES string of the molecule is O=C(O)c1cc(Oc2cnc(NCC3CC3)cn2)cc(OC(CF)CF)c1. The van der Waals surface area contributed by atoms with Gasteiger partial charge in [-0.15, -0.1) is 0 Å². The highest BCUT2D eigenvalue weighted by molar-refractivity contribution is 5.88. The lowest BCUT2D eigenvalue weighted by atomic mass is 10.2.